The summed E-state index contributed by atoms with van der Waals surface area (Å²) in [6.07, 6.45) is 0. The summed E-state index contributed by atoms with van der Waals surface area (Å²) in [6, 6.07) is 8.83. The summed E-state index contributed by atoms with van der Waals surface area (Å²) in [5, 5.41) is 13.4. The Labute approximate surface area is 120 Å². The van der Waals surface area contributed by atoms with Crippen LogP contribution in [0.1, 0.15) is 0 Å². The molecular weight excluding hydrogens is 233 g/mol. The van der Waals surface area contributed by atoms with Crippen LogP contribution in [-0.2, 0) is 14.3 Å². The number of hydrogen-bond donors (Lipinski definition) is 1. The number of hydrogen-bond acceptors (Lipinski definition) is 5. The number of ether oxygens (including phenoxy) is 1. The van der Waals surface area contributed by atoms with Gasteiger partial charge < -0.3 is 20.0 Å². The second kappa shape index (κ2) is 5.86. The fourth-order valence-corrected chi connectivity index (χ4v) is 1.37. The Kier molecular flexibility index (Phi) is 4.74. The molecule has 0 amide bonds. The molecule has 17 heavy (non-hydrogen) atoms. The standard InChI is InChI=1S/C11H9NO4.Na/c13-8-6-16-10(9(8)11(14)15)12-7-4-2-1-3-5-7;/h1-5,12H,6H2,(H,14,15);/q;+1/p-1. The fraction of sp³-hybridized carbons (Fsp3) is 0.0909. The van der Waals surface area contributed by atoms with Crippen LogP contribution in [0.15, 0.2) is 41.8 Å². The van der Waals surface area contributed by atoms with Gasteiger partial charge in [0.15, 0.2) is 6.61 Å². The first-order valence-electron chi connectivity index (χ1n) is 4.62. The fourth-order valence-electron chi connectivity index (χ4n) is 1.37. The van der Waals surface area contributed by atoms with Gasteiger partial charge in [-0.3, -0.25) is 4.79 Å². The van der Waals surface area contributed by atoms with Gasteiger partial charge in [0.1, 0.15) is 5.57 Å². The van der Waals surface area contributed by atoms with Gasteiger partial charge in [0.05, 0.1) is 5.97 Å². The molecule has 1 aromatic carbocycles. The van der Waals surface area contributed by atoms with Gasteiger partial charge in [0.2, 0.25) is 11.7 Å². The molecule has 0 fully saturated rings. The molecule has 1 aliphatic rings. The van der Waals surface area contributed by atoms with Crippen molar-refractivity contribution >= 4 is 17.4 Å². The van der Waals surface area contributed by atoms with Gasteiger partial charge in [0, 0.05) is 5.69 Å². The molecular formula is C11H8NNaO4. The first kappa shape index (κ1) is 13.8. The van der Waals surface area contributed by atoms with Crippen molar-refractivity contribution < 1.29 is 49.0 Å². The van der Waals surface area contributed by atoms with E-state index in [0.29, 0.717) is 5.69 Å². The van der Waals surface area contributed by atoms with Crippen LogP contribution in [0.4, 0.5) is 5.69 Å². The summed E-state index contributed by atoms with van der Waals surface area (Å²) in [7, 11) is 0. The average molecular weight is 241 g/mol. The Morgan fingerprint density at radius 1 is 1.29 bits per heavy atom. The zero-order chi connectivity index (χ0) is 11.5. The van der Waals surface area contributed by atoms with Crippen LogP contribution in [0.25, 0.3) is 0 Å². The maximum atomic E-state index is 11.2. The predicted molar refractivity (Wildman–Crippen MR) is 53.1 cm³/mol. The zero-order valence-electron chi connectivity index (χ0n) is 9.23. The van der Waals surface area contributed by atoms with Gasteiger partial charge in [-0.2, -0.15) is 0 Å². The second-order valence-electron chi connectivity index (χ2n) is 3.19. The van der Waals surface area contributed by atoms with E-state index in [0.717, 1.165) is 0 Å². The molecule has 0 saturated heterocycles. The van der Waals surface area contributed by atoms with Crippen molar-refractivity contribution in [1.82, 2.24) is 0 Å². The van der Waals surface area contributed by atoms with Gasteiger partial charge in [-0.05, 0) is 12.1 Å². The average Bonchev–Trinajstić information content (AvgIpc) is 2.61. The van der Waals surface area contributed by atoms with Crippen molar-refractivity contribution in [2.45, 2.75) is 0 Å². The van der Waals surface area contributed by atoms with Crippen LogP contribution in [-0.4, -0.2) is 18.4 Å². The van der Waals surface area contributed by atoms with Crippen molar-refractivity contribution in [3.05, 3.63) is 41.8 Å². The molecule has 0 aliphatic carbocycles. The number of carbonyl (C=O) groups is 2. The van der Waals surface area contributed by atoms with Crippen molar-refractivity contribution in [2.24, 2.45) is 0 Å². The van der Waals surface area contributed by atoms with Crippen LogP contribution >= 0.6 is 0 Å². The van der Waals surface area contributed by atoms with Gasteiger partial charge in [-0.1, -0.05) is 18.2 Å². The van der Waals surface area contributed by atoms with Crippen molar-refractivity contribution in [1.29, 1.82) is 0 Å². The molecule has 6 heteroatoms. The Morgan fingerprint density at radius 3 is 2.53 bits per heavy atom. The Hall–Kier alpha value is -1.30. The molecule has 0 unspecified atom stereocenters. The van der Waals surface area contributed by atoms with E-state index in [-0.39, 0.29) is 42.0 Å². The van der Waals surface area contributed by atoms with Crippen LogP contribution in [0.3, 0.4) is 0 Å². The monoisotopic (exact) mass is 241 g/mol. The minimum absolute atomic E-state index is 0. The number of benzene rings is 1. The molecule has 0 spiro atoms. The van der Waals surface area contributed by atoms with Crippen molar-refractivity contribution in [3.8, 4) is 0 Å². The van der Waals surface area contributed by atoms with E-state index in [2.05, 4.69) is 5.32 Å². The number of carboxylic acids is 1. The number of carboxylic acid groups (broad SMARTS) is 1. The smallest absolute Gasteiger partial charge is 0.544 e. The Balaban J connectivity index is 0.00000144. The van der Waals surface area contributed by atoms with E-state index in [1.54, 1.807) is 24.3 Å². The molecule has 2 rings (SSSR count). The SMILES string of the molecule is O=C([O-])C1=C(Nc2ccccc2)OCC1=O.[Na+]. The van der Waals surface area contributed by atoms with E-state index in [1.807, 2.05) is 6.07 Å². The number of nitrogens with one attached hydrogen (secondary N) is 1. The Morgan fingerprint density at radius 2 is 1.94 bits per heavy atom. The number of anilines is 1. The number of ketones is 1. The van der Waals surface area contributed by atoms with Gasteiger partial charge in [-0.25, -0.2) is 0 Å². The van der Waals surface area contributed by atoms with Crippen LogP contribution in [0.2, 0.25) is 0 Å². The number of rotatable bonds is 3. The van der Waals surface area contributed by atoms with E-state index >= 15 is 0 Å². The first-order valence-corrected chi connectivity index (χ1v) is 4.62. The molecule has 82 valence electrons. The topological polar surface area (TPSA) is 78.5 Å². The largest absolute Gasteiger partial charge is 1.00 e. The third kappa shape index (κ3) is 3.09. The zero-order valence-corrected chi connectivity index (χ0v) is 11.2. The third-order valence-corrected chi connectivity index (χ3v) is 2.09. The summed E-state index contributed by atoms with van der Waals surface area (Å²) >= 11 is 0. The van der Waals surface area contributed by atoms with Gasteiger partial charge >= 0.3 is 29.6 Å². The maximum absolute atomic E-state index is 11.2. The number of Topliss-reactive ketones (excluding diaryl/α,β-unsaturated/α-hetero) is 1. The molecule has 1 heterocycles. The molecule has 0 radical (unpaired) electrons. The second-order valence-corrected chi connectivity index (χ2v) is 3.19. The number of para-hydroxylation sites is 1. The molecule has 0 saturated carbocycles. The first-order chi connectivity index (χ1) is 7.68. The minimum Gasteiger partial charge on any atom is -0.544 e. The van der Waals surface area contributed by atoms with E-state index < -0.39 is 17.3 Å². The molecule has 0 aromatic heterocycles. The van der Waals surface area contributed by atoms with Crippen LogP contribution in [0, 0.1) is 0 Å². The van der Waals surface area contributed by atoms with Crippen LogP contribution < -0.4 is 40.0 Å². The van der Waals surface area contributed by atoms with Gasteiger partial charge in [0.25, 0.3) is 0 Å². The third-order valence-electron chi connectivity index (χ3n) is 2.09. The van der Waals surface area contributed by atoms with Crippen molar-refractivity contribution in [3.63, 3.8) is 0 Å². The molecule has 1 aliphatic heterocycles. The molecule has 1 aromatic rings. The molecule has 1 N–H and O–H groups in total. The summed E-state index contributed by atoms with van der Waals surface area (Å²) in [5.41, 5.74) is 0.204. The van der Waals surface area contributed by atoms with E-state index in [9.17, 15) is 14.7 Å². The summed E-state index contributed by atoms with van der Waals surface area (Å²) in [4.78, 5) is 21.9. The number of aliphatic carboxylic acids is 1. The Bertz CT molecular complexity index is 470. The summed E-state index contributed by atoms with van der Waals surface area (Å²) < 4.78 is 4.94. The molecule has 5 nitrogen and oxygen atoms in total. The summed E-state index contributed by atoms with van der Waals surface area (Å²) in [5.74, 6) is -2.17. The minimum atomic E-state index is -1.53. The van der Waals surface area contributed by atoms with E-state index in [4.69, 9.17) is 4.74 Å². The van der Waals surface area contributed by atoms with Crippen LogP contribution in [0.5, 0.6) is 0 Å². The maximum Gasteiger partial charge on any atom is 1.00 e. The summed E-state index contributed by atoms with van der Waals surface area (Å²) in [6.45, 7) is -0.265. The number of carbonyl (C=O) groups excluding carboxylic acids is 2. The molecule has 0 atom stereocenters. The molecule has 0 bridgehead atoms. The van der Waals surface area contributed by atoms with E-state index in [1.165, 1.54) is 0 Å². The predicted octanol–water partition coefficient (Wildman–Crippen LogP) is -3.34. The van der Waals surface area contributed by atoms with Gasteiger partial charge in [-0.15, -0.1) is 0 Å². The quantitative estimate of drug-likeness (QED) is 0.442. The normalized spacial score (nSPS) is 14.0. The van der Waals surface area contributed by atoms with Crippen molar-refractivity contribution in [2.75, 3.05) is 11.9 Å².